The number of ether oxygens (including phenoxy) is 3. The molecule has 3 unspecified atom stereocenters. The molecule has 2 rings (SSSR count). The van der Waals surface area contributed by atoms with Crippen LogP contribution in [0.25, 0.3) is 0 Å². The number of rotatable bonds is 44. The number of aliphatic hydroxyl groups excluding tert-OH is 3. The van der Waals surface area contributed by atoms with E-state index in [-0.39, 0.29) is 18.7 Å². The summed E-state index contributed by atoms with van der Waals surface area (Å²) < 4.78 is 56.8. The van der Waals surface area contributed by atoms with Crippen molar-refractivity contribution in [2.75, 3.05) is 25.6 Å². The van der Waals surface area contributed by atoms with Crippen LogP contribution in [-0.4, -0.2) is 96.9 Å². The van der Waals surface area contributed by atoms with Crippen molar-refractivity contribution in [3.05, 3.63) is 132 Å². The molecule has 0 aromatic carbocycles. The molecule has 0 spiro atoms. The molecule has 0 aliphatic carbocycles. The first kappa shape index (κ1) is 69.5. The third-order valence-electron chi connectivity index (χ3n) is 11.7. The summed E-state index contributed by atoms with van der Waals surface area (Å²) in [4.78, 5) is 62.0. The van der Waals surface area contributed by atoms with Crippen molar-refractivity contribution in [1.29, 1.82) is 0 Å². The number of nitrogens with two attached hydrogens (primary N) is 1. The SMILES string of the molecule is CC/C=C\C/C=C\CC(O)/C=C/C=C\C/C=C\C/C=C\CCC(=O)OC[C@H](COP(=O)(O)OP(=O)(O)OC[C@H]1O[C@@H](n2ccc(N)nc2=O)[C@H](O)[C@@H]1O)OC(=O)CCCCCCCC/C=C\C/C=C\C/C=C\CCCCCC. The van der Waals surface area contributed by atoms with E-state index in [1.165, 1.54) is 31.7 Å². The molecule has 19 nitrogen and oxygen atoms in total. The highest BCUT2D eigenvalue weighted by molar-refractivity contribution is 7.61. The molecule has 0 radical (unpaired) electrons. The summed E-state index contributed by atoms with van der Waals surface area (Å²) in [6.07, 6.45) is 47.6. The largest absolute Gasteiger partial charge is 0.481 e. The molecule has 0 amide bonds. The summed E-state index contributed by atoms with van der Waals surface area (Å²) in [5, 5.41) is 31.0. The number of anilines is 1. The molecule has 1 aliphatic heterocycles. The van der Waals surface area contributed by atoms with Crippen molar-refractivity contribution < 1.29 is 71.4 Å². The number of nitrogens with zero attached hydrogens (tertiary/aromatic N) is 2. The van der Waals surface area contributed by atoms with Crippen LogP contribution in [0.5, 0.6) is 0 Å². The Morgan fingerprint density at radius 3 is 1.90 bits per heavy atom. The van der Waals surface area contributed by atoms with Crippen LogP contribution >= 0.6 is 15.6 Å². The molecule has 7 N–H and O–H groups in total. The maximum Gasteiger partial charge on any atom is 0.481 e. The average Bonchev–Trinajstić information content (AvgIpc) is 3.71. The molecule has 1 aromatic heterocycles. The Hall–Kier alpha value is -4.62. The molecule has 78 heavy (non-hydrogen) atoms. The lowest BCUT2D eigenvalue weighted by Gasteiger charge is -2.21. The summed E-state index contributed by atoms with van der Waals surface area (Å²) >= 11 is 0. The molecule has 8 atom stereocenters. The number of unbranched alkanes of at least 4 members (excludes halogenated alkanes) is 10. The second-order valence-electron chi connectivity index (χ2n) is 18.5. The van der Waals surface area contributed by atoms with Gasteiger partial charge >= 0.3 is 33.3 Å². The predicted molar refractivity (Wildman–Crippen MR) is 304 cm³/mol. The molecule has 1 fully saturated rings. The van der Waals surface area contributed by atoms with E-state index in [4.69, 9.17) is 29.0 Å². The summed E-state index contributed by atoms with van der Waals surface area (Å²) in [6.45, 7) is 1.87. The highest BCUT2D eigenvalue weighted by atomic mass is 31.3. The minimum atomic E-state index is -5.46. The Morgan fingerprint density at radius 1 is 0.692 bits per heavy atom. The van der Waals surface area contributed by atoms with Gasteiger partial charge in [0.1, 0.15) is 30.7 Å². The van der Waals surface area contributed by atoms with E-state index >= 15 is 0 Å². The number of phosphoric acid groups is 2. The van der Waals surface area contributed by atoms with E-state index in [2.05, 4.69) is 71.8 Å². The van der Waals surface area contributed by atoms with Crippen LogP contribution in [0.15, 0.2) is 126 Å². The Labute approximate surface area is 462 Å². The second-order valence-corrected chi connectivity index (χ2v) is 21.6. The van der Waals surface area contributed by atoms with Gasteiger partial charge < -0.3 is 45.1 Å². The van der Waals surface area contributed by atoms with Gasteiger partial charge in [0.2, 0.25) is 0 Å². The van der Waals surface area contributed by atoms with Gasteiger partial charge in [-0.15, -0.1) is 0 Å². The van der Waals surface area contributed by atoms with E-state index in [1.54, 1.807) is 6.08 Å². The number of aliphatic hydroxyl groups is 3. The van der Waals surface area contributed by atoms with Gasteiger partial charge in [-0.25, -0.2) is 13.9 Å². The third-order valence-corrected chi connectivity index (χ3v) is 14.3. The first-order valence-electron chi connectivity index (χ1n) is 27.5. The average molecular weight is 1130 g/mol. The van der Waals surface area contributed by atoms with Crippen molar-refractivity contribution in [2.24, 2.45) is 0 Å². The Kier molecular flexibility index (Phi) is 38.5. The minimum Gasteiger partial charge on any atom is -0.462 e. The third kappa shape index (κ3) is 35.1. The van der Waals surface area contributed by atoms with Gasteiger partial charge in [0.25, 0.3) is 0 Å². The number of carbonyl (C=O) groups excluding carboxylic acids is 2. The molecular weight excluding hydrogens is 1040 g/mol. The standard InChI is InChI=1S/C57H89N3O16P2/c1-3-5-7-9-11-12-13-14-15-16-17-18-19-20-21-22-27-30-34-38-42-53(63)74-49(45-71-52(62)41-37-33-29-26-24-23-25-28-32-36-40-48(61)39-35-31-10-8-6-4-2)46-72-77(67,68)76-78(69,70)73-47-50-54(64)55(65)56(75-50)60-44-43-51(58)59-57(60)66/h6,8,12-13,15-16,18-19,23-24,28-29,31-33,35-36,40,43-44,48-50,54-56,61,64-65H,3-5,7,9-11,14,17,20-22,25-27,30,34,37-39,41-42,45-47H2,1-2H3,(H,67,68)(H,69,70)(H2,58,59,66)/b8-6-,13-12-,16-15-,19-18-,24-23-,32-28-,33-29-,35-31-,40-36+/t48?,49-,50-,54-,55-,56-/m1/s1. The zero-order chi connectivity index (χ0) is 57.1. The van der Waals surface area contributed by atoms with Crippen LogP contribution in [0, 0.1) is 0 Å². The van der Waals surface area contributed by atoms with Gasteiger partial charge in [-0.2, -0.15) is 9.29 Å². The van der Waals surface area contributed by atoms with Gasteiger partial charge in [-0.1, -0.05) is 168 Å². The van der Waals surface area contributed by atoms with Gasteiger partial charge in [0.05, 0.1) is 19.3 Å². The molecule has 1 aromatic rings. The zero-order valence-corrected chi connectivity index (χ0v) is 47.6. The van der Waals surface area contributed by atoms with E-state index in [1.807, 2.05) is 54.7 Å². The van der Waals surface area contributed by atoms with Crippen molar-refractivity contribution in [2.45, 2.75) is 192 Å². The summed E-state index contributed by atoms with van der Waals surface area (Å²) in [6, 6.07) is 1.24. The number of phosphoric ester groups is 2. The van der Waals surface area contributed by atoms with Gasteiger partial charge in [-0.3, -0.25) is 23.2 Å². The maximum atomic E-state index is 12.9. The number of esters is 2. The molecule has 1 saturated heterocycles. The predicted octanol–water partition coefficient (Wildman–Crippen LogP) is 11.1. The molecule has 0 saturated carbocycles. The van der Waals surface area contributed by atoms with E-state index in [0.717, 1.165) is 81.4 Å². The summed E-state index contributed by atoms with van der Waals surface area (Å²) in [5.74, 6) is -1.46. The number of carbonyl (C=O) groups is 2. The first-order chi connectivity index (χ1) is 37.6. The van der Waals surface area contributed by atoms with Gasteiger partial charge in [0, 0.05) is 19.0 Å². The van der Waals surface area contributed by atoms with Crippen LogP contribution in [0.4, 0.5) is 5.82 Å². The topological polar surface area (TPSA) is 286 Å². The number of hydrogen-bond donors (Lipinski definition) is 6. The monoisotopic (exact) mass is 1130 g/mol. The smallest absolute Gasteiger partial charge is 0.462 e. The lowest BCUT2D eigenvalue weighted by molar-refractivity contribution is -0.161. The lowest BCUT2D eigenvalue weighted by atomic mass is 10.1. The van der Waals surface area contributed by atoms with Crippen LogP contribution in [0.2, 0.25) is 0 Å². The van der Waals surface area contributed by atoms with Crippen LogP contribution in [0.3, 0.4) is 0 Å². The quantitative estimate of drug-likeness (QED) is 0.0116. The van der Waals surface area contributed by atoms with Crippen LogP contribution < -0.4 is 11.4 Å². The van der Waals surface area contributed by atoms with Crippen molar-refractivity contribution >= 4 is 33.4 Å². The second kappa shape index (κ2) is 43.2. The molecule has 2 heterocycles. The summed E-state index contributed by atoms with van der Waals surface area (Å²) in [5.41, 5.74) is 4.58. The fourth-order valence-corrected chi connectivity index (χ4v) is 9.54. The molecule has 0 bridgehead atoms. The maximum absolute atomic E-state index is 12.9. The van der Waals surface area contributed by atoms with Crippen molar-refractivity contribution in [3.63, 3.8) is 0 Å². The number of aromatic nitrogens is 2. The molecule has 438 valence electrons. The normalized spacial score (nSPS) is 19.8. The van der Waals surface area contributed by atoms with Gasteiger partial charge in [0.15, 0.2) is 12.3 Å². The Morgan fingerprint density at radius 2 is 1.26 bits per heavy atom. The zero-order valence-electron chi connectivity index (χ0n) is 45.8. The minimum absolute atomic E-state index is 0.00304. The lowest BCUT2D eigenvalue weighted by Crippen LogP contribution is -2.36. The highest BCUT2D eigenvalue weighted by Crippen LogP contribution is 2.60. The molecular formula is C57H89N3O16P2. The van der Waals surface area contributed by atoms with E-state index in [9.17, 15) is 48.6 Å². The van der Waals surface area contributed by atoms with Crippen molar-refractivity contribution in [3.8, 4) is 0 Å². The van der Waals surface area contributed by atoms with E-state index in [0.29, 0.717) is 32.1 Å². The number of hydrogen-bond acceptors (Lipinski definition) is 16. The Bertz CT molecular complexity index is 2260. The van der Waals surface area contributed by atoms with Crippen LogP contribution in [0.1, 0.15) is 161 Å². The first-order valence-corrected chi connectivity index (χ1v) is 30.5. The molecule has 1 aliphatic rings. The fourth-order valence-electron chi connectivity index (χ4n) is 7.43. The summed E-state index contributed by atoms with van der Waals surface area (Å²) in [7, 11) is -10.9. The van der Waals surface area contributed by atoms with E-state index < -0.39 is 89.8 Å². The number of allylic oxidation sites excluding steroid dienone is 16. The van der Waals surface area contributed by atoms with Crippen LogP contribution in [-0.2, 0) is 46.3 Å². The molecule has 21 heteroatoms. The fraction of sp³-hybridized carbons (Fsp3) is 0.579. The highest BCUT2D eigenvalue weighted by Gasteiger charge is 2.46. The van der Waals surface area contributed by atoms with Gasteiger partial charge in [-0.05, 0) is 89.5 Å². The Balaban J connectivity index is 1.83. The van der Waals surface area contributed by atoms with Crippen molar-refractivity contribution in [1.82, 2.24) is 9.55 Å². The number of nitrogen functional groups attached to an aromatic ring is 1.